The van der Waals surface area contributed by atoms with Crippen molar-refractivity contribution in [2.24, 2.45) is 11.8 Å². The van der Waals surface area contributed by atoms with E-state index >= 15 is 0 Å². The fourth-order valence-electron chi connectivity index (χ4n) is 8.52. The number of carbonyl (C=O) groups excluding carboxylic acids is 2. The molecule has 1 saturated heterocycles. The van der Waals surface area contributed by atoms with Gasteiger partial charge in [-0.25, -0.2) is 0 Å². The van der Waals surface area contributed by atoms with E-state index in [2.05, 4.69) is 32.6 Å². The number of aliphatic hydroxyl groups excluding tert-OH is 1. The second kappa shape index (κ2) is 42.1. The molecule has 0 amide bonds. The number of rotatable bonds is 45. The smallest absolute Gasteiger partial charge is 0.308 e. The molecule has 350 valence electrons. The van der Waals surface area contributed by atoms with E-state index in [1.54, 1.807) is 0 Å². The summed E-state index contributed by atoms with van der Waals surface area (Å²) < 4.78 is 24.4. The number of nitrogens with zero attached hydrogens (tertiary/aromatic N) is 1. The minimum absolute atomic E-state index is 0.0350. The van der Waals surface area contributed by atoms with Crippen LogP contribution in [0.15, 0.2) is 0 Å². The number of hydrogen-bond acceptors (Lipinski definition) is 8. The van der Waals surface area contributed by atoms with Crippen molar-refractivity contribution >= 4 is 11.9 Å². The van der Waals surface area contributed by atoms with Crippen LogP contribution >= 0.6 is 0 Å². The Morgan fingerprint density at radius 1 is 0.441 bits per heavy atom. The van der Waals surface area contributed by atoms with Crippen molar-refractivity contribution in [3.63, 3.8) is 0 Å². The van der Waals surface area contributed by atoms with Gasteiger partial charge in [0.05, 0.1) is 37.3 Å². The number of esters is 2. The number of carbonyl (C=O) groups is 2. The molecule has 1 aliphatic heterocycles. The summed E-state index contributed by atoms with van der Waals surface area (Å²) in [5.74, 6) is 0.216. The maximum atomic E-state index is 13.0. The fourth-order valence-corrected chi connectivity index (χ4v) is 8.52. The fraction of sp³-hybridized carbons (Fsp3) is 0.961. The van der Waals surface area contributed by atoms with Gasteiger partial charge in [-0.2, -0.15) is 0 Å². The number of likely N-dealkylation sites (tertiary alicyclic amines) is 1. The Bertz CT molecular complexity index is 851. The lowest BCUT2D eigenvalue weighted by Crippen LogP contribution is -2.30. The van der Waals surface area contributed by atoms with Crippen LogP contribution < -0.4 is 0 Å². The highest BCUT2D eigenvalue weighted by Crippen LogP contribution is 2.23. The van der Waals surface area contributed by atoms with Crippen LogP contribution in [0.3, 0.4) is 0 Å². The van der Waals surface area contributed by atoms with Crippen LogP contribution in [-0.4, -0.2) is 86.8 Å². The average molecular weight is 838 g/mol. The summed E-state index contributed by atoms with van der Waals surface area (Å²) in [6, 6.07) is 0. The van der Waals surface area contributed by atoms with Gasteiger partial charge in [-0.05, 0) is 70.6 Å². The molecule has 59 heavy (non-hydrogen) atoms. The van der Waals surface area contributed by atoms with E-state index in [9.17, 15) is 14.7 Å². The summed E-state index contributed by atoms with van der Waals surface area (Å²) in [5, 5.41) is 9.39. The molecular weight excluding hydrogens is 739 g/mol. The Kier molecular flexibility index (Phi) is 39.8. The topological polar surface area (TPSA) is 94.5 Å². The second-order valence-corrected chi connectivity index (χ2v) is 18.0. The molecule has 0 spiro atoms. The molecule has 1 rings (SSSR count). The first-order chi connectivity index (χ1) is 29.0. The average Bonchev–Trinajstić information content (AvgIpc) is 3.63. The highest BCUT2D eigenvalue weighted by Gasteiger charge is 2.34. The highest BCUT2D eigenvalue weighted by atomic mass is 16.5. The zero-order chi connectivity index (χ0) is 42.9. The number of aliphatic hydroxyl groups is 1. The van der Waals surface area contributed by atoms with Crippen molar-refractivity contribution in [1.29, 1.82) is 0 Å². The molecular formula is C51H99NO7. The van der Waals surface area contributed by atoms with Gasteiger partial charge in [0.15, 0.2) is 0 Å². The van der Waals surface area contributed by atoms with E-state index < -0.39 is 0 Å². The third-order valence-electron chi connectivity index (χ3n) is 12.4. The molecule has 0 aromatic carbocycles. The van der Waals surface area contributed by atoms with Crippen molar-refractivity contribution in [1.82, 2.24) is 4.90 Å². The zero-order valence-electron chi connectivity index (χ0n) is 39.6. The van der Waals surface area contributed by atoms with Gasteiger partial charge in [0.1, 0.15) is 0 Å². The van der Waals surface area contributed by atoms with E-state index in [4.69, 9.17) is 18.9 Å². The van der Waals surface area contributed by atoms with Crippen LogP contribution in [0.5, 0.6) is 0 Å². The molecule has 1 fully saturated rings. The Labute approximate surface area is 365 Å². The van der Waals surface area contributed by atoms with Gasteiger partial charge in [-0.3, -0.25) is 14.5 Å². The van der Waals surface area contributed by atoms with Crippen LogP contribution in [0.2, 0.25) is 0 Å². The Balaban J connectivity index is 2.31. The highest BCUT2D eigenvalue weighted by molar-refractivity contribution is 5.72. The standard InChI is InChI=1S/C51H99NO7/c1-5-9-13-17-19-27-36-46(34-25-15-11-7-3)50(54)58-42-31-23-21-29-40-56-48-44-52(38-33-39-53)45-49(48)57-41-30-22-24-32-43-59-51(55)47(35-26-16-12-8-4)37-28-20-18-14-10-6-2/h46-49,53H,5-45H2,1-4H3/t46?,47?,48-,49+. The molecule has 0 bridgehead atoms. The summed E-state index contributed by atoms with van der Waals surface area (Å²) in [5.41, 5.74) is 0. The molecule has 0 saturated carbocycles. The minimum Gasteiger partial charge on any atom is -0.465 e. The molecule has 1 N–H and O–H groups in total. The lowest BCUT2D eigenvalue weighted by molar-refractivity contribution is -0.150. The minimum atomic E-state index is 0.0350. The molecule has 4 atom stereocenters. The summed E-state index contributed by atoms with van der Waals surface area (Å²) in [6.45, 7) is 14.2. The number of hydrogen-bond donors (Lipinski definition) is 1. The van der Waals surface area contributed by atoms with Crippen LogP contribution in [0.25, 0.3) is 0 Å². The third-order valence-corrected chi connectivity index (χ3v) is 12.4. The number of unbranched alkanes of at least 4 members (excludes halogenated alkanes) is 22. The molecule has 0 aromatic heterocycles. The SMILES string of the molecule is CCCCCCCCC(CCCCCC)C(=O)OCCCCCCO[C@H]1CN(CCCO)C[C@H]1OCCCCCCOC(=O)C(CCCCCC)CCCCCCCC. The van der Waals surface area contributed by atoms with E-state index in [1.165, 1.54) is 103 Å². The van der Waals surface area contributed by atoms with Crippen molar-refractivity contribution in [3.8, 4) is 0 Å². The van der Waals surface area contributed by atoms with Crippen LogP contribution in [0.1, 0.15) is 240 Å². The van der Waals surface area contributed by atoms with Crippen molar-refractivity contribution in [3.05, 3.63) is 0 Å². The van der Waals surface area contributed by atoms with E-state index in [-0.39, 0.29) is 42.6 Å². The molecule has 8 nitrogen and oxygen atoms in total. The summed E-state index contributed by atoms with van der Waals surface area (Å²) in [4.78, 5) is 28.3. The van der Waals surface area contributed by atoms with E-state index in [1.807, 2.05) is 0 Å². The molecule has 0 radical (unpaired) electrons. The largest absolute Gasteiger partial charge is 0.465 e. The monoisotopic (exact) mass is 838 g/mol. The number of ether oxygens (including phenoxy) is 4. The zero-order valence-corrected chi connectivity index (χ0v) is 39.6. The van der Waals surface area contributed by atoms with Crippen LogP contribution in [-0.2, 0) is 28.5 Å². The first-order valence-electron chi connectivity index (χ1n) is 25.9. The molecule has 8 heteroatoms. The second-order valence-electron chi connectivity index (χ2n) is 18.0. The molecule has 0 aromatic rings. The van der Waals surface area contributed by atoms with Crippen LogP contribution in [0, 0.1) is 11.8 Å². The summed E-state index contributed by atoms with van der Waals surface area (Å²) >= 11 is 0. The maximum Gasteiger partial charge on any atom is 0.308 e. The predicted molar refractivity (Wildman–Crippen MR) is 247 cm³/mol. The van der Waals surface area contributed by atoms with Gasteiger partial charge in [0, 0.05) is 39.5 Å². The first kappa shape index (κ1) is 55.8. The Morgan fingerprint density at radius 2 is 0.746 bits per heavy atom. The molecule has 1 aliphatic rings. The first-order valence-corrected chi connectivity index (χ1v) is 25.9. The maximum absolute atomic E-state index is 13.0. The van der Waals surface area contributed by atoms with Gasteiger partial charge in [0.2, 0.25) is 0 Å². The lowest BCUT2D eigenvalue weighted by atomic mass is 9.94. The van der Waals surface area contributed by atoms with Crippen molar-refractivity contribution in [2.75, 3.05) is 52.7 Å². The van der Waals surface area contributed by atoms with Crippen molar-refractivity contribution < 1.29 is 33.6 Å². The van der Waals surface area contributed by atoms with Crippen LogP contribution in [0.4, 0.5) is 0 Å². The van der Waals surface area contributed by atoms with Gasteiger partial charge >= 0.3 is 11.9 Å². The lowest BCUT2D eigenvalue weighted by Gasteiger charge is -2.20. The van der Waals surface area contributed by atoms with Gasteiger partial charge in [-0.1, -0.05) is 169 Å². The van der Waals surface area contributed by atoms with Gasteiger partial charge in [-0.15, -0.1) is 0 Å². The molecule has 1 heterocycles. The molecule has 0 aliphatic carbocycles. The quantitative estimate of drug-likeness (QED) is 0.0479. The van der Waals surface area contributed by atoms with Gasteiger partial charge in [0.25, 0.3) is 0 Å². The molecule has 2 unspecified atom stereocenters. The third kappa shape index (κ3) is 32.2. The van der Waals surface area contributed by atoms with E-state index in [0.717, 1.165) is 129 Å². The van der Waals surface area contributed by atoms with Crippen molar-refractivity contribution in [2.45, 2.75) is 252 Å². The predicted octanol–water partition coefficient (Wildman–Crippen LogP) is 13.3. The normalized spacial score (nSPS) is 16.8. The van der Waals surface area contributed by atoms with E-state index in [0.29, 0.717) is 26.4 Å². The Hall–Kier alpha value is -1.22. The van der Waals surface area contributed by atoms with Gasteiger partial charge < -0.3 is 24.1 Å². The summed E-state index contributed by atoms with van der Waals surface area (Å²) in [6.07, 6.45) is 37.6. The summed E-state index contributed by atoms with van der Waals surface area (Å²) in [7, 11) is 0. The Morgan fingerprint density at radius 3 is 1.10 bits per heavy atom.